The summed E-state index contributed by atoms with van der Waals surface area (Å²) in [6.45, 7) is 19.2. The van der Waals surface area contributed by atoms with Crippen LogP contribution in [0.1, 0.15) is 98.2 Å². The fourth-order valence-corrected chi connectivity index (χ4v) is 10.5. The second kappa shape index (κ2) is 20.5. The largest absolute Gasteiger partial charge is 0.443 e. The Morgan fingerprint density at radius 2 is 1.77 bits per heavy atom. The smallest absolute Gasteiger partial charge is 0.416 e. The van der Waals surface area contributed by atoms with Crippen molar-refractivity contribution in [1.82, 2.24) is 34.8 Å². The average molecular weight is 918 g/mol. The minimum atomic E-state index is -4.13. The minimum Gasteiger partial charge on any atom is -0.443 e. The lowest BCUT2D eigenvalue weighted by molar-refractivity contribution is -0.215. The summed E-state index contributed by atoms with van der Waals surface area (Å²) in [6.07, 6.45) is 0.788. The first-order valence-electron chi connectivity index (χ1n) is 21.1. The second-order valence-corrected chi connectivity index (χ2v) is 26.5. The highest BCUT2D eigenvalue weighted by atomic mass is 35.5. The molecular formula is C39H66ClN8O11PSi. The third-order valence-corrected chi connectivity index (χ3v) is 14.5. The van der Waals surface area contributed by atoms with Crippen molar-refractivity contribution in [2.24, 2.45) is 0 Å². The van der Waals surface area contributed by atoms with Gasteiger partial charge < -0.3 is 42.6 Å². The van der Waals surface area contributed by atoms with E-state index in [2.05, 4.69) is 45.1 Å². The number of aromatic nitrogens is 7. The number of amides is 1. The molecule has 0 radical (unpaired) electrons. The van der Waals surface area contributed by atoms with E-state index in [0.717, 1.165) is 31.7 Å². The van der Waals surface area contributed by atoms with Gasteiger partial charge in [0, 0.05) is 34.3 Å². The van der Waals surface area contributed by atoms with Gasteiger partial charge >= 0.3 is 13.7 Å². The number of nitrogens with zero attached hydrogens (tertiary/aromatic N) is 8. The quantitative estimate of drug-likeness (QED) is 0.0459. The molecule has 1 aliphatic carbocycles. The van der Waals surface area contributed by atoms with Crippen molar-refractivity contribution in [3.63, 3.8) is 0 Å². The van der Waals surface area contributed by atoms with Gasteiger partial charge in [-0.3, -0.25) is 9.46 Å². The van der Waals surface area contributed by atoms with Crippen molar-refractivity contribution in [2.75, 3.05) is 45.0 Å². The molecule has 19 nitrogen and oxygen atoms in total. The molecule has 2 fully saturated rings. The summed E-state index contributed by atoms with van der Waals surface area (Å²) < 4.78 is 65.1. The van der Waals surface area contributed by atoms with Crippen molar-refractivity contribution in [3.05, 3.63) is 28.9 Å². The van der Waals surface area contributed by atoms with Gasteiger partial charge in [-0.15, -0.1) is 20.1 Å². The number of tetrazole rings is 1. The van der Waals surface area contributed by atoms with E-state index in [1.807, 2.05) is 20.8 Å². The average Bonchev–Trinajstić information content (AvgIpc) is 3.96. The van der Waals surface area contributed by atoms with Gasteiger partial charge in [0.1, 0.15) is 17.2 Å². The Morgan fingerprint density at radius 1 is 1.08 bits per heavy atom. The third-order valence-electron chi connectivity index (χ3n) is 10.0. The van der Waals surface area contributed by atoms with Gasteiger partial charge in [-0.05, 0) is 96.3 Å². The monoisotopic (exact) mass is 916 g/mol. The van der Waals surface area contributed by atoms with E-state index >= 15 is 0 Å². The van der Waals surface area contributed by atoms with Gasteiger partial charge in [0.15, 0.2) is 29.5 Å². The predicted octanol–water partition coefficient (Wildman–Crippen LogP) is 7.18. The lowest BCUT2D eigenvalue weighted by Crippen LogP contribution is -2.43. The Hall–Kier alpha value is -2.62. The number of hydrogen-bond donors (Lipinski definition) is 1. The summed E-state index contributed by atoms with van der Waals surface area (Å²) in [5, 5.41) is 26.5. The van der Waals surface area contributed by atoms with Crippen LogP contribution in [0.3, 0.4) is 0 Å². The van der Waals surface area contributed by atoms with Gasteiger partial charge in [0.2, 0.25) is 5.28 Å². The molecule has 1 amide bonds. The van der Waals surface area contributed by atoms with Crippen LogP contribution in [0.4, 0.5) is 10.6 Å². The highest BCUT2D eigenvalue weighted by Crippen LogP contribution is 2.62. The van der Waals surface area contributed by atoms with E-state index in [1.54, 1.807) is 35.4 Å². The number of carbonyl (C=O) groups excluding carboxylic acids is 1. The van der Waals surface area contributed by atoms with Crippen molar-refractivity contribution in [2.45, 2.75) is 160 Å². The molecule has 0 spiro atoms. The standard InChI is InChI=1S/C39H66ClN8O11PSi/c1-12-55-60(51,56-13-2)39(25-52-8,23-32-42-45-46(43-32)26-53-20-21-61(9,10)11)54-24-28-22-31(58-38(6,7)50)33(57-28)29-18-19-30-34(41-35(40)44-48(29)30)47(27-16-14-15-17-27)36(49)59-37(3,4)5/h18-19,27-28,31,33,50H,12-17,20-26H2,1-11H3/t28-,31?,33+,39?/m0/s1. The molecule has 4 heterocycles. The van der Waals surface area contributed by atoms with Crippen LogP contribution >= 0.6 is 19.2 Å². The third kappa shape index (κ3) is 13.0. The molecule has 1 aliphatic heterocycles. The number of methoxy groups -OCH3 is 1. The number of halogens is 1. The maximum Gasteiger partial charge on any atom is 0.416 e. The van der Waals surface area contributed by atoms with Crippen molar-refractivity contribution < 1.29 is 51.9 Å². The van der Waals surface area contributed by atoms with Crippen LogP contribution < -0.4 is 4.90 Å². The minimum absolute atomic E-state index is 0.0560. The molecule has 344 valence electrons. The number of aliphatic hydroxyl groups is 1. The zero-order chi connectivity index (χ0) is 44.8. The fraction of sp³-hybridized carbons (Fsp3) is 0.795. The molecule has 5 rings (SSSR count). The normalized spacial score (nSPS) is 20.4. The van der Waals surface area contributed by atoms with Crippen molar-refractivity contribution in [1.29, 1.82) is 0 Å². The van der Waals surface area contributed by atoms with E-state index in [-0.39, 0.29) is 63.1 Å². The fourth-order valence-electron chi connectivity index (χ4n) is 7.49. The van der Waals surface area contributed by atoms with Crippen LogP contribution in [0.2, 0.25) is 31.0 Å². The molecule has 1 saturated heterocycles. The second-order valence-electron chi connectivity index (χ2n) is 18.2. The molecule has 22 heteroatoms. The van der Waals surface area contributed by atoms with Crippen LogP contribution in [0.25, 0.3) is 5.52 Å². The van der Waals surface area contributed by atoms with Crippen LogP contribution in [0, 0.1) is 0 Å². The molecule has 2 unspecified atom stereocenters. The lowest BCUT2D eigenvalue weighted by Gasteiger charge is -2.38. The van der Waals surface area contributed by atoms with E-state index < -0.39 is 56.8 Å². The SMILES string of the molecule is CCOP(=O)(OCC)C(COC)(Cc1nnn(COCC[Si](C)(C)C)n1)OC[C@@H]1CC(OC(C)(C)O)[C@@H](c2ccc3c(N(C(=O)OC(C)(C)C)C4CCCC4)nc(Cl)nn23)O1. The molecule has 3 aromatic rings. The molecule has 0 aromatic carbocycles. The summed E-state index contributed by atoms with van der Waals surface area (Å²) in [6, 6.07) is 4.43. The van der Waals surface area contributed by atoms with E-state index in [4.69, 9.17) is 49.1 Å². The van der Waals surface area contributed by atoms with E-state index in [1.165, 1.54) is 25.8 Å². The summed E-state index contributed by atoms with van der Waals surface area (Å²) in [5.74, 6) is -1.04. The number of anilines is 1. The first-order chi connectivity index (χ1) is 28.6. The Kier molecular flexibility index (Phi) is 16.6. The van der Waals surface area contributed by atoms with Crippen LogP contribution in [0.15, 0.2) is 12.1 Å². The molecule has 4 atom stereocenters. The maximum absolute atomic E-state index is 14.8. The van der Waals surface area contributed by atoms with Crippen LogP contribution in [-0.2, 0) is 55.2 Å². The first-order valence-corrected chi connectivity index (χ1v) is 26.7. The molecular weight excluding hydrogens is 851 g/mol. The molecule has 2 aliphatic rings. The molecule has 0 bridgehead atoms. The van der Waals surface area contributed by atoms with Gasteiger partial charge in [-0.1, -0.05) is 32.5 Å². The summed E-state index contributed by atoms with van der Waals surface area (Å²) in [4.78, 5) is 21.3. The number of fused-ring (bicyclic) bond motifs is 1. The Morgan fingerprint density at radius 3 is 2.38 bits per heavy atom. The molecule has 1 N–H and O–H groups in total. The summed E-state index contributed by atoms with van der Waals surface area (Å²) in [7, 11) is -3.97. The van der Waals surface area contributed by atoms with Gasteiger partial charge in [0.25, 0.3) is 0 Å². The molecule has 61 heavy (non-hydrogen) atoms. The summed E-state index contributed by atoms with van der Waals surface area (Å²) >= 11 is 6.62. The topological polar surface area (TPSA) is 205 Å². The zero-order valence-electron chi connectivity index (χ0n) is 37.6. The number of rotatable bonds is 22. The Labute approximate surface area is 364 Å². The molecule has 3 aromatic heterocycles. The number of carbonyl (C=O) groups is 1. The predicted molar refractivity (Wildman–Crippen MR) is 229 cm³/mol. The Balaban J connectivity index is 1.46. The summed E-state index contributed by atoms with van der Waals surface area (Å²) in [5.41, 5.74) is 0.276. The van der Waals surface area contributed by atoms with Gasteiger partial charge in [-0.2, -0.15) is 4.98 Å². The highest BCUT2D eigenvalue weighted by molar-refractivity contribution is 7.55. The van der Waals surface area contributed by atoms with Gasteiger partial charge in [-0.25, -0.2) is 9.31 Å². The van der Waals surface area contributed by atoms with Gasteiger partial charge in [0.05, 0.1) is 50.8 Å². The lowest BCUT2D eigenvalue weighted by atomic mass is 10.1. The first kappa shape index (κ1) is 49.4. The number of ether oxygens (including phenoxy) is 6. The Bertz CT molecular complexity index is 1940. The van der Waals surface area contributed by atoms with Crippen molar-refractivity contribution >= 4 is 44.7 Å². The van der Waals surface area contributed by atoms with Crippen molar-refractivity contribution in [3.8, 4) is 0 Å². The van der Waals surface area contributed by atoms with Crippen LogP contribution in [-0.4, -0.2) is 129 Å². The maximum atomic E-state index is 14.8. The molecule has 1 saturated carbocycles. The highest BCUT2D eigenvalue weighted by Gasteiger charge is 2.55. The van der Waals surface area contributed by atoms with Crippen LogP contribution in [0.5, 0.6) is 0 Å². The zero-order valence-corrected chi connectivity index (χ0v) is 40.2. The van der Waals surface area contributed by atoms with E-state index in [9.17, 15) is 14.5 Å². The van der Waals surface area contributed by atoms with E-state index in [0.29, 0.717) is 23.6 Å². The number of hydrogen-bond acceptors (Lipinski definition) is 16.